The lowest BCUT2D eigenvalue weighted by molar-refractivity contribution is 0.102. The largest absolute Gasteiger partial charge is 0.322 e. The summed E-state index contributed by atoms with van der Waals surface area (Å²) in [6.07, 6.45) is 0. The van der Waals surface area contributed by atoms with Crippen molar-refractivity contribution < 1.29 is 17.6 Å². The molecular weight excluding hydrogens is 283 g/mol. The second kappa shape index (κ2) is 5.40. The van der Waals surface area contributed by atoms with Crippen molar-refractivity contribution in [1.82, 2.24) is 0 Å². The molecule has 0 spiro atoms. The summed E-state index contributed by atoms with van der Waals surface area (Å²) in [5.41, 5.74) is 0.548. The SMILES string of the molecule is NS(=O)(=O)c1ccc(C(=O)Nc2ccccc2)cc1F. The number of carbonyl (C=O) groups is 1. The third-order valence-corrected chi connectivity index (χ3v) is 3.48. The van der Waals surface area contributed by atoms with E-state index in [-0.39, 0.29) is 5.56 Å². The summed E-state index contributed by atoms with van der Waals surface area (Å²) in [7, 11) is -4.14. The number of nitrogens with one attached hydrogen (secondary N) is 1. The molecule has 7 heteroatoms. The van der Waals surface area contributed by atoms with Crippen LogP contribution in [0.1, 0.15) is 10.4 Å². The van der Waals surface area contributed by atoms with Crippen molar-refractivity contribution in [1.29, 1.82) is 0 Å². The summed E-state index contributed by atoms with van der Waals surface area (Å²) in [4.78, 5) is 11.2. The number of primary sulfonamides is 1. The van der Waals surface area contributed by atoms with Crippen LogP contribution in [0.2, 0.25) is 0 Å². The number of hydrogen-bond acceptors (Lipinski definition) is 3. The van der Waals surface area contributed by atoms with Crippen molar-refractivity contribution in [2.24, 2.45) is 5.14 Å². The Kier molecular flexibility index (Phi) is 3.82. The number of rotatable bonds is 3. The molecule has 0 fully saturated rings. The Hall–Kier alpha value is -2.25. The Morgan fingerprint density at radius 1 is 1.10 bits per heavy atom. The fourth-order valence-electron chi connectivity index (χ4n) is 1.60. The molecule has 104 valence electrons. The van der Waals surface area contributed by atoms with Crippen molar-refractivity contribution in [3.05, 3.63) is 59.9 Å². The quantitative estimate of drug-likeness (QED) is 0.903. The first kappa shape index (κ1) is 14.2. The van der Waals surface area contributed by atoms with Gasteiger partial charge in [0.05, 0.1) is 0 Å². The van der Waals surface area contributed by atoms with E-state index in [1.54, 1.807) is 30.3 Å². The molecule has 0 aliphatic heterocycles. The van der Waals surface area contributed by atoms with Crippen LogP contribution in [0.5, 0.6) is 0 Å². The van der Waals surface area contributed by atoms with E-state index >= 15 is 0 Å². The summed E-state index contributed by atoms with van der Waals surface area (Å²) >= 11 is 0. The summed E-state index contributed by atoms with van der Waals surface area (Å²) in [6, 6.07) is 11.6. The Morgan fingerprint density at radius 3 is 2.30 bits per heavy atom. The van der Waals surface area contributed by atoms with Crippen LogP contribution < -0.4 is 10.5 Å². The smallest absolute Gasteiger partial charge is 0.255 e. The van der Waals surface area contributed by atoms with E-state index in [0.29, 0.717) is 5.69 Å². The van der Waals surface area contributed by atoms with Crippen LogP contribution in [0.15, 0.2) is 53.4 Å². The molecular formula is C13H11FN2O3S. The second-order valence-corrected chi connectivity index (χ2v) is 5.54. The third kappa shape index (κ3) is 3.19. The van der Waals surface area contributed by atoms with Gasteiger partial charge in [0.1, 0.15) is 10.7 Å². The highest BCUT2D eigenvalue weighted by Gasteiger charge is 2.16. The number of amides is 1. The average molecular weight is 294 g/mol. The summed E-state index contributed by atoms with van der Waals surface area (Å²) in [6.45, 7) is 0. The first-order chi connectivity index (χ1) is 9.38. The molecule has 0 aromatic heterocycles. The van der Waals surface area contributed by atoms with E-state index in [9.17, 15) is 17.6 Å². The highest BCUT2D eigenvalue weighted by molar-refractivity contribution is 7.89. The van der Waals surface area contributed by atoms with E-state index in [1.807, 2.05) is 0 Å². The molecule has 2 aromatic rings. The molecule has 0 atom stereocenters. The molecule has 2 rings (SSSR count). The molecule has 0 heterocycles. The first-order valence-corrected chi connectivity index (χ1v) is 7.11. The van der Waals surface area contributed by atoms with Crippen LogP contribution in [0.3, 0.4) is 0 Å². The lowest BCUT2D eigenvalue weighted by Crippen LogP contribution is -2.16. The fraction of sp³-hybridized carbons (Fsp3) is 0. The van der Waals surface area contributed by atoms with E-state index in [2.05, 4.69) is 5.32 Å². The number of anilines is 1. The molecule has 0 radical (unpaired) electrons. The van der Waals surface area contributed by atoms with Gasteiger partial charge in [0.15, 0.2) is 0 Å². The van der Waals surface area contributed by atoms with E-state index in [1.165, 1.54) is 6.07 Å². The number of halogens is 1. The van der Waals surface area contributed by atoms with Gasteiger partial charge in [0, 0.05) is 11.3 Å². The molecule has 0 unspecified atom stereocenters. The molecule has 20 heavy (non-hydrogen) atoms. The zero-order valence-corrected chi connectivity index (χ0v) is 11.0. The fourth-order valence-corrected chi connectivity index (χ4v) is 2.19. The Bertz CT molecular complexity index is 745. The minimum atomic E-state index is -4.14. The van der Waals surface area contributed by atoms with Gasteiger partial charge in [-0.15, -0.1) is 0 Å². The van der Waals surface area contributed by atoms with Crippen molar-refractivity contribution in [3.8, 4) is 0 Å². The van der Waals surface area contributed by atoms with Gasteiger partial charge in [-0.3, -0.25) is 4.79 Å². The van der Waals surface area contributed by atoms with E-state index < -0.39 is 26.6 Å². The maximum Gasteiger partial charge on any atom is 0.255 e. The normalized spacial score (nSPS) is 11.1. The number of benzene rings is 2. The molecule has 0 aliphatic rings. The monoisotopic (exact) mass is 294 g/mol. The Balaban J connectivity index is 2.26. The molecule has 0 saturated heterocycles. The molecule has 2 aromatic carbocycles. The number of hydrogen-bond donors (Lipinski definition) is 2. The molecule has 0 saturated carbocycles. The van der Waals surface area contributed by atoms with Crippen molar-refractivity contribution >= 4 is 21.6 Å². The van der Waals surface area contributed by atoms with Gasteiger partial charge < -0.3 is 5.32 Å². The molecule has 0 bridgehead atoms. The predicted molar refractivity (Wildman–Crippen MR) is 72.2 cm³/mol. The van der Waals surface area contributed by atoms with Gasteiger partial charge in [0.2, 0.25) is 10.0 Å². The van der Waals surface area contributed by atoms with Crippen LogP contribution in [-0.2, 0) is 10.0 Å². The molecule has 5 nitrogen and oxygen atoms in total. The van der Waals surface area contributed by atoms with Crippen LogP contribution in [0.25, 0.3) is 0 Å². The minimum Gasteiger partial charge on any atom is -0.322 e. The number of carbonyl (C=O) groups excluding carboxylic acids is 1. The van der Waals surface area contributed by atoms with Gasteiger partial charge in [-0.05, 0) is 30.3 Å². The van der Waals surface area contributed by atoms with E-state index in [0.717, 1.165) is 12.1 Å². The Morgan fingerprint density at radius 2 is 1.75 bits per heavy atom. The minimum absolute atomic E-state index is 0.00115. The standard InChI is InChI=1S/C13H11FN2O3S/c14-11-8-9(6-7-12(11)20(15,18)19)13(17)16-10-4-2-1-3-5-10/h1-8H,(H,16,17)(H2,15,18,19). The lowest BCUT2D eigenvalue weighted by atomic mass is 10.2. The number of para-hydroxylation sites is 1. The van der Waals surface area contributed by atoms with Crippen LogP contribution in [-0.4, -0.2) is 14.3 Å². The zero-order chi connectivity index (χ0) is 14.8. The topological polar surface area (TPSA) is 89.3 Å². The molecule has 3 N–H and O–H groups in total. The van der Waals surface area contributed by atoms with Gasteiger partial charge in [-0.25, -0.2) is 17.9 Å². The Labute approximate surface area is 115 Å². The second-order valence-electron chi connectivity index (χ2n) is 4.01. The summed E-state index contributed by atoms with van der Waals surface area (Å²) in [5, 5.41) is 7.40. The highest BCUT2D eigenvalue weighted by Crippen LogP contribution is 2.16. The number of sulfonamides is 1. The van der Waals surface area contributed by atoms with Crippen LogP contribution >= 0.6 is 0 Å². The lowest BCUT2D eigenvalue weighted by Gasteiger charge is -2.06. The molecule has 0 aliphatic carbocycles. The van der Waals surface area contributed by atoms with Crippen LogP contribution in [0.4, 0.5) is 10.1 Å². The van der Waals surface area contributed by atoms with E-state index in [4.69, 9.17) is 5.14 Å². The molecule has 1 amide bonds. The first-order valence-electron chi connectivity index (χ1n) is 5.56. The average Bonchev–Trinajstić information content (AvgIpc) is 2.38. The van der Waals surface area contributed by atoms with Crippen LogP contribution in [0, 0.1) is 5.82 Å². The summed E-state index contributed by atoms with van der Waals surface area (Å²) < 4.78 is 35.7. The van der Waals surface area contributed by atoms with Gasteiger partial charge >= 0.3 is 0 Å². The summed E-state index contributed by atoms with van der Waals surface area (Å²) in [5.74, 6) is -1.61. The van der Waals surface area contributed by atoms with Gasteiger partial charge in [-0.1, -0.05) is 18.2 Å². The van der Waals surface area contributed by atoms with Gasteiger partial charge in [0.25, 0.3) is 5.91 Å². The highest BCUT2D eigenvalue weighted by atomic mass is 32.2. The maximum absolute atomic E-state index is 13.6. The third-order valence-electron chi connectivity index (χ3n) is 2.53. The van der Waals surface area contributed by atoms with Crippen molar-refractivity contribution in [3.63, 3.8) is 0 Å². The number of nitrogens with two attached hydrogens (primary N) is 1. The maximum atomic E-state index is 13.6. The van der Waals surface area contributed by atoms with Gasteiger partial charge in [-0.2, -0.15) is 0 Å². The predicted octanol–water partition coefficient (Wildman–Crippen LogP) is 1.73. The zero-order valence-electron chi connectivity index (χ0n) is 10.2. The van der Waals surface area contributed by atoms with Crippen molar-refractivity contribution in [2.75, 3.05) is 5.32 Å². The van der Waals surface area contributed by atoms with Crippen molar-refractivity contribution in [2.45, 2.75) is 4.90 Å².